The molecule has 6 heteroatoms. The number of hydrogen-bond acceptors (Lipinski definition) is 4. The minimum absolute atomic E-state index is 0.0637. The van der Waals surface area contributed by atoms with E-state index in [0.717, 1.165) is 22.9 Å². The average Bonchev–Trinajstić information content (AvgIpc) is 2.71. The second kappa shape index (κ2) is 5.73. The van der Waals surface area contributed by atoms with Gasteiger partial charge in [0.1, 0.15) is 11.6 Å². The summed E-state index contributed by atoms with van der Waals surface area (Å²) in [5.74, 6) is 1.47. The van der Waals surface area contributed by atoms with Gasteiger partial charge in [0.15, 0.2) is 0 Å². The van der Waals surface area contributed by atoms with Crippen LogP contribution >= 0.6 is 0 Å². The second-order valence-corrected chi connectivity index (χ2v) is 4.75. The van der Waals surface area contributed by atoms with Crippen LogP contribution in [-0.4, -0.2) is 20.7 Å². The average molecular weight is 273 g/mol. The number of nitrogens with zero attached hydrogens (tertiary/aromatic N) is 3. The van der Waals surface area contributed by atoms with E-state index in [1.54, 1.807) is 4.68 Å². The van der Waals surface area contributed by atoms with Crippen LogP contribution in [0.25, 0.3) is 0 Å². The summed E-state index contributed by atoms with van der Waals surface area (Å²) in [6.07, 6.45) is 0.345. The molecule has 20 heavy (non-hydrogen) atoms. The van der Waals surface area contributed by atoms with Gasteiger partial charge in [-0.05, 0) is 38.5 Å². The maximum Gasteiger partial charge on any atom is 0.226 e. The lowest BCUT2D eigenvalue weighted by atomic mass is 10.1. The van der Waals surface area contributed by atoms with Crippen molar-refractivity contribution in [2.45, 2.75) is 33.7 Å². The molecule has 0 spiro atoms. The maximum atomic E-state index is 12.0. The van der Waals surface area contributed by atoms with E-state index in [-0.39, 0.29) is 5.91 Å². The normalized spacial score (nSPS) is 10.6. The summed E-state index contributed by atoms with van der Waals surface area (Å²) in [5, 5.41) is 7.09. The fourth-order valence-electron chi connectivity index (χ4n) is 1.98. The summed E-state index contributed by atoms with van der Waals surface area (Å²) in [6.45, 7) is 6.11. The molecule has 0 unspecified atom stereocenters. The monoisotopic (exact) mass is 273 g/mol. The van der Waals surface area contributed by atoms with E-state index in [1.807, 2.05) is 39.0 Å². The zero-order valence-electron chi connectivity index (χ0n) is 12.0. The number of anilines is 2. The lowest BCUT2D eigenvalue weighted by Crippen LogP contribution is -2.16. The smallest absolute Gasteiger partial charge is 0.226 e. The summed E-state index contributed by atoms with van der Waals surface area (Å²) >= 11 is 0. The highest BCUT2D eigenvalue weighted by Crippen LogP contribution is 2.20. The Morgan fingerprint density at radius 3 is 2.75 bits per heavy atom. The highest BCUT2D eigenvalue weighted by atomic mass is 16.1. The van der Waals surface area contributed by atoms with Gasteiger partial charge in [-0.1, -0.05) is 6.07 Å². The molecule has 0 aliphatic rings. The Morgan fingerprint density at radius 2 is 2.10 bits per heavy atom. The quantitative estimate of drug-likeness (QED) is 0.832. The number of benzene rings is 1. The zero-order chi connectivity index (χ0) is 14.7. The second-order valence-electron chi connectivity index (χ2n) is 4.75. The van der Waals surface area contributed by atoms with Crippen LogP contribution in [-0.2, 0) is 11.3 Å². The van der Waals surface area contributed by atoms with Crippen molar-refractivity contribution in [2.75, 3.05) is 11.1 Å². The molecule has 2 aromatic rings. The lowest BCUT2D eigenvalue weighted by Gasteiger charge is -2.10. The molecule has 6 nitrogen and oxygen atoms in total. The Kier molecular flexibility index (Phi) is 4.02. The van der Waals surface area contributed by atoms with E-state index in [0.29, 0.717) is 18.7 Å². The number of amides is 1. The van der Waals surface area contributed by atoms with Crippen LogP contribution in [0.4, 0.5) is 11.4 Å². The number of nitrogens with two attached hydrogens (primary N) is 1. The van der Waals surface area contributed by atoms with Gasteiger partial charge in [-0.3, -0.25) is 4.79 Å². The van der Waals surface area contributed by atoms with Crippen LogP contribution in [0.1, 0.15) is 23.6 Å². The number of aryl methyl sites for hydroxylation is 3. The third-order valence-electron chi connectivity index (χ3n) is 3.16. The summed E-state index contributed by atoms with van der Waals surface area (Å²) in [4.78, 5) is 16.2. The highest BCUT2D eigenvalue weighted by molar-refractivity contribution is 5.92. The molecule has 0 aliphatic carbocycles. The molecule has 106 valence electrons. The van der Waals surface area contributed by atoms with Gasteiger partial charge in [0.05, 0.1) is 6.54 Å². The van der Waals surface area contributed by atoms with Crippen LogP contribution in [0.2, 0.25) is 0 Å². The van der Waals surface area contributed by atoms with Crippen molar-refractivity contribution in [1.29, 1.82) is 0 Å². The molecular formula is C14H19N5O. The Morgan fingerprint density at radius 1 is 1.35 bits per heavy atom. The molecule has 0 atom stereocenters. The fraction of sp³-hybridized carbons (Fsp3) is 0.357. The lowest BCUT2D eigenvalue weighted by molar-refractivity contribution is -0.116. The number of nitrogens with one attached hydrogen (secondary N) is 1. The topological polar surface area (TPSA) is 85.8 Å². The van der Waals surface area contributed by atoms with E-state index < -0.39 is 0 Å². The minimum atomic E-state index is -0.0637. The van der Waals surface area contributed by atoms with Crippen molar-refractivity contribution < 1.29 is 4.79 Å². The van der Waals surface area contributed by atoms with E-state index >= 15 is 0 Å². The molecule has 0 saturated heterocycles. The number of aromatic nitrogens is 3. The molecule has 0 saturated carbocycles. The first kappa shape index (κ1) is 14.0. The summed E-state index contributed by atoms with van der Waals surface area (Å²) < 4.78 is 1.74. The Hall–Kier alpha value is -2.37. The highest BCUT2D eigenvalue weighted by Gasteiger charge is 2.08. The summed E-state index contributed by atoms with van der Waals surface area (Å²) in [7, 11) is 0. The van der Waals surface area contributed by atoms with Gasteiger partial charge in [-0.2, -0.15) is 5.10 Å². The number of nitrogen functional groups attached to an aromatic ring is 1. The Balaban J connectivity index is 1.96. The van der Waals surface area contributed by atoms with Crippen molar-refractivity contribution in [3.05, 3.63) is 35.4 Å². The SMILES string of the molecule is Cc1nc(C)n(CCC(=O)Nc2cccc(N)c2C)n1. The third kappa shape index (κ3) is 3.14. The number of hydrogen-bond donors (Lipinski definition) is 2. The zero-order valence-corrected chi connectivity index (χ0v) is 12.0. The van der Waals surface area contributed by atoms with Gasteiger partial charge in [-0.15, -0.1) is 0 Å². The molecular weight excluding hydrogens is 254 g/mol. The van der Waals surface area contributed by atoms with E-state index in [4.69, 9.17) is 5.73 Å². The third-order valence-corrected chi connectivity index (χ3v) is 3.16. The molecule has 0 aliphatic heterocycles. The molecule has 1 aromatic heterocycles. The van der Waals surface area contributed by atoms with Crippen LogP contribution in [0.15, 0.2) is 18.2 Å². The van der Waals surface area contributed by atoms with Gasteiger partial charge in [0.2, 0.25) is 5.91 Å². The Labute approximate surface area is 118 Å². The molecule has 0 fully saturated rings. The van der Waals surface area contributed by atoms with E-state index in [9.17, 15) is 4.79 Å². The fourth-order valence-corrected chi connectivity index (χ4v) is 1.98. The molecule has 1 amide bonds. The van der Waals surface area contributed by atoms with E-state index in [1.165, 1.54) is 0 Å². The first-order valence-corrected chi connectivity index (χ1v) is 6.50. The van der Waals surface area contributed by atoms with Crippen LogP contribution < -0.4 is 11.1 Å². The number of carbonyl (C=O) groups excluding carboxylic acids is 1. The minimum Gasteiger partial charge on any atom is -0.398 e. The molecule has 3 N–H and O–H groups in total. The first-order valence-electron chi connectivity index (χ1n) is 6.50. The summed E-state index contributed by atoms with van der Waals surface area (Å²) in [6, 6.07) is 5.48. The predicted molar refractivity (Wildman–Crippen MR) is 78.3 cm³/mol. The molecule has 0 bridgehead atoms. The number of rotatable bonds is 4. The van der Waals surface area contributed by atoms with Crippen LogP contribution in [0.3, 0.4) is 0 Å². The van der Waals surface area contributed by atoms with Crippen LogP contribution in [0.5, 0.6) is 0 Å². The van der Waals surface area contributed by atoms with Crippen molar-refractivity contribution >= 4 is 17.3 Å². The van der Waals surface area contributed by atoms with Gasteiger partial charge < -0.3 is 11.1 Å². The predicted octanol–water partition coefficient (Wildman–Crippen LogP) is 1.81. The van der Waals surface area contributed by atoms with Crippen molar-refractivity contribution in [1.82, 2.24) is 14.8 Å². The van der Waals surface area contributed by atoms with Crippen molar-refractivity contribution in [3.63, 3.8) is 0 Å². The maximum absolute atomic E-state index is 12.0. The van der Waals surface area contributed by atoms with Gasteiger partial charge in [0.25, 0.3) is 0 Å². The largest absolute Gasteiger partial charge is 0.398 e. The van der Waals surface area contributed by atoms with Crippen LogP contribution in [0, 0.1) is 20.8 Å². The van der Waals surface area contributed by atoms with E-state index in [2.05, 4.69) is 15.4 Å². The molecule has 1 heterocycles. The first-order chi connectivity index (χ1) is 9.47. The van der Waals surface area contributed by atoms with Gasteiger partial charge in [0, 0.05) is 17.8 Å². The van der Waals surface area contributed by atoms with Crippen molar-refractivity contribution in [3.8, 4) is 0 Å². The molecule has 1 aromatic carbocycles. The molecule has 0 radical (unpaired) electrons. The van der Waals surface area contributed by atoms with Crippen molar-refractivity contribution in [2.24, 2.45) is 0 Å². The van der Waals surface area contributed by atoms with Gasteiger partial charge >= 0.3 is 0 Å². The molecule has 2 rings (SSSR count). The summed E-state index contributed by atoms with van der Waals surface area (Å²) in [5.41, 5.74) is 8.12. The number of carbonyl (C=O) groups is 1. The standard InChI is InChI=1S/C14H19N5O/c1-9-12(15)5-4-6-13(9)17-14(20)7-8-19-11(3)16-10(2)18-19/h4-6H,7-8,15H2,1-3H3,(H,17,20). The van der Waals surface area contributed by atoms with Gasteiger partial charge in [-0.25, -0.2) is 9.67 Å². The Bertz CT molecular complexity index is 632.